The Morgan fingerprint density at radius 3 is 2.43 bits per heavy atom. The largest absolute Gasteiger partial charge is 0.493 e. The van der Waals surface area contributed by atoms with E-state index in [9.17, 15) is 4.79 Å². The van der Waals surface area contributed by atoms with Crippen molar-refractivity contribution >= 4 is 52.0 Å². The van der Waals surface area contributed by atoms with Gasteiger partial charge >= 0.3 is 6.09 Å². The second kappa shape index (κ2) is 13.8. The second-order valence-corrected chi connectivity index (χ2v) is 11.6. The van der Waals surface area contributed by atoms with E-state index in [0.717, 1.165) is 11.8 Å². The molecular weight excluding hydrogens is 609 g/mol. The van der Waals surface area contributed by atoms with E-state index in [1.54, 1.807) is 63.2 Å². The molecule has 236 valence electrons. The lowest BCUT2D eigenvalue weighted by molar-refractivity contribution is 0.0636. The monoisotopic (exact) mass is 641 g/mol. The first-order valence-electron chi connectivity index (χ1n) is 14.4. The van der Waals surface area contributed by atoms with E-state index in [4.69, 9.17) is 41.2 Å². The third-order valence-electron chi connectivity index (χ3n) is 6.73. The van der Waals surface area contributed by atoms with Crippen molar-refractivity contribution in [2.75, 3.05) is 30.2 Å². The van der Waals surface area contributed by atoms with Crippen LogP contribution in [0.15, 0.2) is 78.9 Å². The molecular formula is C35H33ClFN5O4. The predicted octanol–water partition coefficient (Wildman–Crippen LogP) is 8.82. The maximum Gasteiger partial charge on any atom is 0.412 e. The lowest BCUT2D eigenvalue weighted by Gasteiger charge is -2.20. The summed E-state index contributed by atoms with van der Waals surface area (Å²) in [5.41, 5.74) is 2.94. The molecule has 0 radical (unpaired) electrons. The normalized spacial score (nSPS) is 11.2. The van der Waals surface area contributed by atoms with Gasteiger partial charge in [-0.3, -0.25) is 5.32 Å². The summed E-state index contributed by atoms with van der Waals surface area (Å²) in [6.45, 7) is 5.56. The highest BCUT2D eigenvalue weighted by Crippen LogP contribution is 2.37. The molecule has 11 heteroatoms. The minimum Gasteiger partial charge on any atom is -0.493 e. The van der Waals surface area contributed by atoms with Gasteiger partial charge in [0.15, 0.2) is 17.3 Å². The van der Waals surface area contributed by atoms with E-state index in [1.165, 1.54) is 13.2 Å². The molecule has 0 fully saturated rings. The van der Waals surface area contributed by atoms with E-state index < -0.39 is 17.5 Å². The van der Waals surface area contributed by atoms with Gasteiger partial charge in [-0.1, -0.05) is 42.5 Å². The third-order valence-corrected chi connectivity index (χ3v) is 6.89. The molecule has 1 heterocycles. The number of nitrogens with one attached hydrogen (secondary N) is 3. The minimum absolute atomic E-state index is 0.257. The quantitative estimate of drug-likeness (QED) is 0.103. The number of aromatic nitrogens is 2. The molecule has 0 aliphatic rings. The molecule has 1 aromatic heterocycles. The Bertz CT molecular complexity index is 1900. The Kier molecular flexibility index (Phi) is 9.67. The van der Waals surface area contributed by atoms with Crippen LogP contribution < -0.4 is 20.1 Å². The molecule has 0 saturated heterocycles. The van der Waals surface area contributed by atoms with Crippen LogP contribution in [0.1, 0.15) is 26.3 Å². The number of rotatable bonds is 10. The van der Waals surface area contributed by atoms with Crippen LogP contribution in [-0.2, 0) is 4.74 Å². The number of alkyl halides is 1. The van der Waals surface area contributed by atoms with Crippen molar-refractivity contribution in [3.63, 3.8) is 0 Å². The SMILES string of the molecule is COc1cc2nc(-c3ccc(-c4ccccc4)c(F)c3)nc(Nc3ccc(NC(=O)OC(C)(C)C)c(C=N)c3)c2cc1OCCCl. The van der Waals surface area contributed by atoms with Crippen LogP contribution in [-0.4, -0.2) is 47.5 Å². The summed E-state index contributed by atoms with van der Waals surface area (Å²) < 4.78 is 32.1. The molecule has 0 bridgehead atoms. The standard InChI is InChI=1S/C35H33ClFN5O4/c1-35(2,3)46-34(43)41-28-13-11-24(16-23(28)20-38)39-33-26-18-31(45-15-14-36)30(44-4)19-29(26)40-32(42-33)22-10-12-25(27(37)17-22)21-8-6-5-7-9-21/h5-13,16-20,38H,14-15H2,1-4H3,(H,41,43)(H,39,40,42). The van der Waals surface area contributed by atoms with Crippen LogP contribution >= 0.6 is 11.6 Å². The number of carbonyl (C=O) groups is 1. The van der Waals surface area contributed by atoms with Gasteiger partial charge in [-0.2, -0.15) is 0 Å². The Balaban J connectivity index is 1.58. The van der Waals surface area contributed by atoms with Gasteiger partial charge in [-0.25, -0.2) is 19.2 Å². The molecule has 0 spiro atoms. The zero-order chi connectivity index (χ0) is 32.8. The number of ether oxygens (including phenoxy) is 3. The number of benzene rings is 4. The van der Waals surface area contributed by atoms with Crippen molar-refractivity contribution in [2.45, 2.75) is 26.4 Å². The summed E-state index contributed by atoms with van der Waals surface area (Å²) in [6.07, 6.45) is 0.494. The molecule has 0 saturated carbocycles. The molecule has 0 atom stereocenters. The zero-order valence-electron chi connectivity index (χ0n) is 25.8. The predicted molar refractivity (Wildman–Crippen MR) is 181 cm³/mol. The average molecular weight is 642 g/mol. The number of hydrogen-bond acceptors (Lipinski definition) is 8. The molecule has 1 amide bonds. The highest BCUT2D eigenvalue weighted by Gasteiger charge is 2.19. The molecule has 5 aromatic rings. The number of nitrogens with zero attached hydrogens (tertiary/aromatic N) is 2. The fourth-order valence-corrected chi connectivity index (χ4v) is 4.79. The van der Waals surface area contributed by atoms with Crippen molar-refractivity contribution in [3.05, 3.63) is 90.2 Å². The van der Waals surface area contributed by atoms with Crippen LogP contribution in [0.2, 0.25) is 0 Å². The van der Waals surface area contributed by atoms with Gasteiger partial charge in [0.25, 0.3) is 0 Å². The van der Waals surface area contributed by atoms with Crippen LogP contribution in [0.4, 0.5) is 26.4 Å². The van der Waals surface area contributed by atoms with Gasteiger partial charge in [0.2, 0.25) is 0 Å². The van der Waals surface area contributed by atoms with Crippen molar-refractivity contribution in [3.8, 4) is 34.0 Å². The molecule has 3 N–H and O–H groups in total. The van der Waals surface area contributed by atoms with Crippen molar-refractivity contribution in [1.29, 1.82) is 5.41 Å². The number of halogens is 2. The number of methoxy groups -OCH3 is 1. The number of carbonyl (C=O) groups excluding carboxylic acids is 1. The van der Waals surface area contributed by atoms with Gasteiger partial charge in [-0.05, 0) is 56.7 Å². The number of amides is 1. The summed E-state index contributed by atoms with van der Waals surface area (Å²) in [7, 11) is 1.53. The molecule has 5 rings (SSSR count). The van der Waals surface area contributed by atoms with Crippen molar-refractivity contribution in [2.24, 2.45) is 0 Å². The number of anilines is 3. The lowest BCUT2D eigenvalue weighted by atomic mass is 10.0. The van der Waals surface area contributed by atoms with E-state index in [2.05, 4.69) is 10.6 Å². The van der Waals surface area contributed by atoms with Gasteiger partial charge in [-0.15, -0.1) is 11.6 Å². The number of fused-ring (bicyclic) bond motifs is 1. The molecule has 4 aromatic carbocycles. The lowest BCUT2D eigenvalue weighted by Crippen LogP contribution is -2.27. The maximum atomic E-state index is 15.4. The summed E-state index contributed by atoms with van der Waals surface area (Å²) >= 11 is 5.87. The maximum absolute atomic E-state index is 15.4. The minimum atomic E-state index is -0.679. The summed E-state index contributed by atoms with van der Waals surface area (Å²) in [6, 6.07) is 22.7. The van der Waals surface area contributed by atoms with Crippen LogP contribution in [0, 0.1) is 11.2 Å². The average Bonchev–Trinajstić information content (AvgIpc) is 3.03. The smallest absolute Gasteiger partial charge is 0.412 e. The van der Waals surface area contributed by atoms with Crippen molar-refractivity contribution < 1.29 is 23.4 Å². The van der Waals surface area contributed by atoms with Crippen LogP contribution in [0.3, 0.4) is 0 Å². The Morgan fingerprint density at radius 1 is 0.978 bits per heavy atom. The Hall–Kier alpha value is -5.22. The first-order chi connectivity index (χ1) is 22.1. The topological polar surface area (TPSA) is 118 Å². The van der Waals surface area contributed by atoms with Gasteiger partial charge in [0, 0.05) is 40.0 Å². The summed E-state index contributed by atoms with van der Waals surface area (Å²) in [5, 5.41) is 14.5. The summed E-state index contributed by atoms with van der Waals surface area (Å²) in [4.78, 5) is 21.9. The van der Waals surface area contributed by atoms with Crippen LogP contribution in [0.5, 0.6) is 11.5 Å². The molecule has 0 unspecified atom stereocenters. The molecule has 0 aliphatic carbocycles. The molecule has 9 nitrogen and oxygen atoms in total. The summed E-state index contributed by atoms with van der Waals surface area (Å²) in [5.74, 6) is 1.44. The first-order valence-corrected chi connectivity index (χ1v) is 15.0. The second-order valence-electron chi connectivity index (χ2n) is 11.2. The van der Waals surface area contributed by atoms with E-state index in [0.29, 0.717) is 56.3 Å². The van der Waals surface area contributed by atoms with E-state index in [1.807, 2.05) is 30.3 Å². The van der Waals surface area contributed by atoms with Gasteiger partial charge in [0.05, 0.1) is 24.2 Å². The molecule has 46 heavy (non-hydrogen) atoms. The zero-order valence-corrected chi connectivity index (χ0v) is 26.5. The van der Waals surface area contributed by atoms with Gasteiger partial charge < -0.3 is 24.9 Å². The van der Waals surface area contributed by atoms with Crippen molar-refractivity contribution in [1.82, 2.24) is 9.97 Å². The Morgan fingerprint density at radius 2 is 1.76 bits per heavy atom. The van der Waals surface area contributed by atoms with E-state index in [-0.39, 0.29) is 18.3 Å². The van der Waals surface area contributed by atoms with Crippen LogP contribution in [0.25, 0.3) is 33.4 Å². The Labute approximate surface area is 271 Å². The highest BCUT2D eigenvalue weighted by atomic mass is 35.5. The van der Waals surface area contributed by atoms with Gasteiger partial charge in [0.1, 0.15) is 23.8 Å². The highest BCUT2D eigenvalue weighted by molar-refractivity contribution is 6.18. The first kappa shape index (κ1) is 32.2. The third kappa shape index (κ3) is 7.52. The fourth-order valence-electron chi connectivity index (χ4n) is 4.71. The molecule has 0 aliphatic heterocycles. The van der Waals surface area contributed by atoms with E-state index >= 15 is 4.39 Å². The fraction of sp³-hybridized carbons (Fsp3) is 0.200. The number of hydrogen-bond donors (Lipinski definition) is 3.